The van der Waals surface area contributed by atoms with Gasteiger partial charge in [0.1, 0.15) is 11.6 Å². The molecule has 4 aromatic carbocycles. The maximum atomic E-state index is 6.67. The van der Waals surface area contributed by atoms with E-state index in [2.05, 4.69) is 154 Å². The molecule has 0 radical (unpaired) electrons. The normalized spacial score (nSPS) is 14.1. The fraction of sp³-hybridized carbons (Fsp3) is 0.564. The molecule has 0 unspecified atom stereocenters. The minimum Gasteiger partial charge on any atom is -0.326 e. The fourth-order valence-corrected chi connectivity index (χ4v) is 14.5. The van der Waals surface area contributed by atoms with Gasteiger partial charge in [-0.2, -0.15) is 0 Å². The number of rotatable bonds is 40. The Morgan fingerprint density at radius 2 is 0.543 bits per heavy atom. The number of halogens is 8. The van der Waals surface area contributed by atoms with Crippen LogP contribution in [0.1, 0.15) is 247 Å². The van der Waals surface area contributed by atoms with Gasteiger partial charge in [0.05, 0.1) is 89.1 Å². The summed E-state index contributed by atoms with van der Waals surface area (Å²) in [6.45, 7) is 25.6. The van der Waals surface area contributed by atoms with Gasteiger partial charge in [-0.1, -0.05) is 270 Å². The van der Waals surface area contributed by atoms with E-state index in [1.54, 1.807) is 0 Å². The van der Waals surface area contributed by atoms with Crippen LogP contribution in [0.15, 0.2) is 84.5 Å². The van der Waals surface area contributed by atoms with Crippen LogP contribution in [0.5, 0.6) is 0 Å². The van der Waals surface area contributed by atoms with Gasteiger partial charge < -0.3 is 19.6 Å². The number of allylic oxidation sites excluding steroid dienone is 4. The quantitative estimate of drug-likeness (QED) is 0.0283. The van der Waals surface area contributed by atoms with E-state index in [9.17, 15) is 0 Å². The zero-order chi connectivity index (χ0) is 67.5. The van der Waals surface area contributed by atoms with Gasteiger partial charge in [-0.05, 0) is 107 Å². The largest absolute Gasteiger partial charge is 0.326 e. The molecule has 0 atom stereocenters. The molecule has 0 spiro atoms. The molecule has 516 valence electrons. The zero-order valence-electron chi connectivity index (χ0n) is 58.1. The first kappa shape index (κ1) is 77.6. The van der Waals surface area contributed by atoms with E-state index >= 15 is 0 Å². The number of anilines is 4. The molecule has 0 saturated carbocycles. The molecular formula is C78H110Cl8N8+2. The van der Waals surface area contributed by atoms with Crippen LogP contribution in [0.2, 0.25) is 40.2 Å². The summed E-state index contributed by atoms with van der Waals surface area (Å²) in [4.78, 5) is 9.79. The van der Waals surface area contributed by atoms with Gasteiger partial charge in [0, 0.05) is 62.6 Å². The second-order valence-corrected chi connectivity index (χ2v) is 29.0. The third kappa shape index (κ3) is 20.7. The van der Waals surface area contributed by atoms with E-state index in [1.165, 1.54) is 139 Å². The first-order chi connectivity index (χ1) is 45.7. The SMILES string of the molecule is CCCCCCCCN1C(=CC=Cc2n(CCCCCCCC)c3cc(Cl)c(Cl)cc3[n+]2CCCCC)N(CCCCC)c2cc(Cl)c(Cl)cc21.CCCCCN1/C(=C\C=C\c2n(CCCC)c3cc(Cl)c(Cl)cc3[n+]2CCCCC)N(CCCC)c2cc(Cl)c(Cl)cc21. The number of aryl methyl sites for hydroxylation is 4. The fourth-order valence-electron chi connectivity index (χ4n) is 13.3. The smallest absolute Gasteiger partial charge is 0.282 e. The Bertz CT molecular complexity index is 3470. The number of imidazole rings is 2. The summed E-state index contributed by atoms with van der Waals surface area (Å²) in [6.07, 6.45) is 47.1. The lowest BCUT2D eigenvalue weighted by Gasteiger charge is -2.25. The van der Waals surface area contributed by atoms with Gasteiger partial charge in [-0.25, -0.2) is 18.3 Å². The lowest BCUT2D eigenvalue weighted by atomic mass is 10.1. The topological polar surface area (TPSA) is 30.6 Å². The van der Waals surface area contributed by atoms with Gasteiger partial charge in [-0.3, -0.25) is 0 Å². The second kappa shape index (κ2) is 41.0. The van der Waals surface area contributed by atoms with Crippen molar-refractivity contribution in [3.05, 3.63) is 136 Å². The Labute approximate surface area is 606 Å². The molecule has 0 N–H and O–H groups in total. The van der Waals surface area contributed by atoms with E-state index in [-0.39, 0.29) is 0 Å². The summed E-state index contributed by atoms with van der Waals surface area (Å²) in [7, 11) is 0. The average Bonchev–Trinajstić information content (AvgIpc) is 1.65. The molecule has 0 saturated heterocycles. The predicted octanol–water partition coefficient (Wildman–Crippen LogP) is 26.5. The lowest BCUT2D eigenvalue weighted by molar-refractivity contribution is -0.674. The molecule has 0 amide bonds. The minimum absolute atomic E-state index is 0.595. The zero-order valence-corrected chi connectivity index (χ0v) is 64.2. The summed E-state index contributed by atoms with van der Waals surface area (Å²) in [5.41, 5.74) is 9.17. The minimum atomic E-state index is 0.595. The number of nitrogens with zero attached hydrogens (tertiary/aromatic N) is 8. The lowest BCUT2D eigenvalue weighted by Crippen LogP contribution is -2.36. The molecule has 6 aromatic rings. The van der Waals surface area contributed by atoms with Crippen molar-refractivity contribution in [3.8, 4) is 0 Å². The van der Waals surface area contributed by atoms with Gasteiger partial charge in [0.15, 0.2) is 22.1 Å². The number of aromatic nitrogens is 4. The molecule has 2 aliphatic rings. The first-order valence-corrected chi connectivity index (χ1v) is 39.4. The first-order valence-electron chi connectivity index (χ1n) is 36.4. The maximum absolute atomic E-state index is 6.67. The highest BCUT2D eigenvalue weighted by Crippen LogP contribution is 2.48. The molecule has 2 aromatic heterocycles. The van der Waals surface area contributed by atoms with Crippen molar-refractivity contribution >= 4 is 150 Å². The van der Waals surface area contributed by atoms with Gasteiger partial charge in [0.2, 0.25) is 0 Å². The third-order valence-electron chi connectivity index (χ3n) is 18.5. The van der Waals surface area contributed by atoms with Crippen molar-refractivity contribution in [2.24, 2.45) is 0 Å². The highest BCUT2D eigenvalue weighted by atomic mass is 35.5. The molecule has 8 rings (SSSR count). The molecule has 94 heavy (non-hydrogen) atoms. The van der Waals surface area contributed by atoms with Gasteiger partial charge >= 0.3 is 0 Å². The third-order valence-corrected chi connectivity index (χ3v) is 21.4. The number of unbranched alkanes of at least 4 members (excludes halogenated alkanes) is 20. The van der Waals surface area contributed by atoms with Crippen LogP contribution < -0.4 is 28.7 Å². The van der Waals surface area contributed by atoms with Gasteiger partial charge in [-0.15, -0.1) is 0 Å². The summed E-state index contributed by atoms with van der Waals surface area (Å²) in [5, 5.41) is 4.82. The average molecular weight is 1440 g/mol. The molecular weight excluding hydrogens is 1330 g/mol. The number of hydrogen-bond acceptors (Lipinski definition) is 4. The van der Waals surface area contributed by atoms with Crippen molar-refractivity contribution < 1.29 is 9.13 Å². The van der Waals surface area contributed by atoms with Crippen LogP contribution in [-0.2, 0) is 26.2 Å². The van der Waals surface area contributed by atoms with Crippen LogP contribution in [0, 0.1) is 0 Å². The Kier molecular flexibility index (Phi) is 33.9. The standard InChI is InChI=1S/C43H63Cl4N4.C35H47Cl4N4/c1-5-9-13-15-17-21-28-50-40-32-36(46)34(44)30-38(40)48(26-19-11-7-3)42(50)24-23-25-43-49(27-20-12-8-4)39-31-35(45)37(47)33-41(39)51(43)29-22-18-16-14-10-6-2;1-5-9-13-20-42-32-24-28(38)26(36)22-30(32)40(18-11-7-3)34(42)16-15-17-35-41(19-12-8-4)31-23-27(37)29(39)25-33(31)43(35)21-14-10-6-2/h23-25,30-33H,5-22,26-29H2,1-4H3;15-17,22-25H,5-14,18-21H2,1-4H3/q2*+1. The summed E-state index contributed by atoms with van der Waals surface area (Å²) < 4.78 is 9.79. The molecule has 0 aliphatic carbocycles. The molecule has 16 heteroatoms. The Hall–Kier alpha value is -3.70. The Morgan fingerprint density at radius 3 is 0.904 bits per heavy atom. The number of benzene rings is 4. The number of hydrogen-bond donors (Lipinski definition) is 0. The molecule has 4 heterocycles. The van der Waals surface area contributed by atoms with Crippen molar-refractivity contribution in [2.75, 3.05) is 45.8 Å². The predicted molar refractivity (Wildman–Crippen MR) is 416 cm³/mol. The van der Waals surface area contributed by atoms with E-state index in [4.69, 9.17) is 92.8 Å². The highest BCUT2D eigenvalue weighted by molar-refractivity contribution is 6.44. The Morgan fingerprint density at radius 1 is 0.287 bits per heavy atom. The molecule has 0 fully saturated rings. The van der Waals surface area contributed by atoms with Crippen LogP contribution in [0.3, 0.4) is 0 Å². The van der Waals surface area contributed by atoms with E-state index in [0.717, 1.165) is 161 Å². The molecule has 8 nitrogen and oxygen atoms in total. The summed E-state index contributed by atoms with van der Waals surface area (Å²) in [5.74, 6) is 4.75. The van der Waals surface area contributed by atoms with Crippen LogP contribution in [0.25, 0.3) is 34.2 Å². The van der Waals surface area contributed by atoms with Crippen molar-refractivity contribution in [1.82, 2.24) is 9.13 Å². The number of fused-ring (bicyclic) bond motifs is 4. The summed E-state index contributed by atoms with van der Waals surface area (Å²) >= 11 is 52.9. The van der Waals surface area contributed by atoms with Crippen molar-refractivity contribution in [1.29, 1.82) is 0 Å². The van der Waals surface area contributed by atoms with E-state index < -0.39 is 0 Å². The van der Waals surface area contributed by atoms with Crippen LogP contribution in [-0.4, -0.2) is 35.3 Å². The summed E-state index contributed by atoms with van der Waals surface area (Å²) in [6, 6.07) is 16.4. The van der Waals surface area contributed by atoms with E-state index in [1.807, 2.05) is 24.3 Å². The second-order valence-electron chi connectivity index (χ2n) is 25.8. The van der Waals surface area contributed by atoms with Gasteiger partial charge in [0.25, 0.3) is 11.6 Å². The van der Waals surface area contributed by atoms with Crippen molar-refractivity contribution in [3.63, 3.8) is 0 Å². The van der Waals surface area contributed by atoms with E-state index in [0.29, 0.717) is 40.2 Å². The molecule has 2 aliphatic heterocycles. The monoisotopic (exact) mass is 1440 g/mol. The highest BCUT2D eigenvalue weighted by Gasteiger charge is 2.34. The van der Waals surface area contributed by atoms with Crippen LogP contribution in [0.4, 0.5) is 22.7 Å². The molecule has 0 bridgehead atoms. The maximum Gasteiger partial charge on any atom is 0.282 e. The Balaban J connectivity index is 0.000000270. The van der Waals surface area contributed by atoms with Crippen molar-refractivity contribution in [2.45, 2.75) is 261 Å². The van der Waals surface area contributed by atoms with Crippen LogP contribution >= 0.6 is 92.8 Å².